The summed E-state index contributed by atoms with van der Waals surface area (Å²) >= 11 is 1.96. The van der Waals surface area contributed by atoms with Gasteiger partial charge in [-0.15, -0.1) is 0 Å². The molecule has 7 nitrogen and oxygen atoms in total. The van der Waals surface area contributed by atoms with E-state index < -0.39 is 23.3 Å². The summed E-state index contributed by atoms with van der Waals surface area (Å²) < 4.78 is 52.0. The van der Waals surface area contributed by atoms with Crippen LogP contribution in [0.2, 0.25) is 0 Å². The number of carbonyl (C=O) groups excluding carboxylic acids is 1. The van der Waals surface area contributed by atoms with Crippen LogP contribution >= 0.6 is 22.6 Å². The number of methoxy groups -OCH3 is 1. The second kappa shape index (κ2) is 10.1. The zero-order chi connectivity index (χ0) is 26.0. The third kappa shape index (κ3) is 5.25. The molecule has 0 N–H and O–H groups in total. The summed E-state index contributed by atoms with van der Waals surface area (Å²) in [5, 5.41) is 4.52. The summed E-state index contributed by atoms with van der Waals surface area (Å²) in [5.74, 6) is -0.0797. The third-order valence-corrected chi connectivity index (χ3v) is 5.82. The molecule has 4 aromatic rings. The van der Waals surface area contributed by atoms with Crippen LogP contribution in [0.1, 0.15) is 18.1 Å². The van der Waals surface area contributed by atoms with Gasteiger partial charge in [0, 0.05) is 12.5 Å². The van der Waals surface area contributed by atoms with E-state index in [1.807, 2.05) is 22.6 Å². The topological polar surface area (TPSA) is 82.8 Å². The molecule has 184 valence electrons. The van der Waals surface area contributed by atoms with Crippen molar-refractivity contribution in [2.45, 2.75) is 13.1 Å². The molecule has 1 heterocycles. The van der Waals surface area contributed by atoms with E-state index in [2.05, 4.69) is 10.1 Å². The molecule has 4 rings (SSSR count). The van der Waals surface area contributed by atoms with E-state index in [0.717, 1.165) is 16.8 Å². The Morgan fingerprint density at radius 1 is 1.11 bits per heavy atom. The van der Waals surface area contributed by atoms with Crippen molar-refractivity contribution in [2.75, 3.05) is 7.11 Å². The van der Waals surface area contributed by atoms with E-state index in [-0.39, 0.29) is 28.3 Å². The molecule has 36 heavy (non-hydrogen) atoms. The molecule has 0 amide bonds. The molecule has 3 aromatic carbocycles. The van der Waals surface area contributed by atoms with Crippen molar-refractivity contribution in [3.8, 4) is 22.9 Å². The predicted octanol–water partition coefficient (Wildman–Crippen LogP) is 5.50. The predicted molar refractivity (Wildman–Crippen MR) is 136 cm³/mol. The molecular formula is C25H17F3IN3O4. The first-order valence-electron chi connectivity index (χ1n) is 10.4. The zero-order valence-corrected chi connectivity index (χ0v) is 21.0. The van der Waals surface area contributed by atoms with Crippen LogP contribution in [-0.4, -0.2) is 29.0 Å². The number of hydrogen-bond donors (Lipinski definition) is 0. The summed E-state index contributed by atoms with van der Waals surface area (Å²) in [7, 11) is 1.41. The summed E-state index contributed by atoms with van der Waals surface area (Å²) in [4.78, 5) is 29.1. The lowest BCUT2D eigenvalue weighted by Crippen LogP contribution is -2.20. The van der Waals surface area contributed by atoms with Gasteiger partial charge in [-0.25, -0.2) is 4.98 Å². The van der Waals surface area contributed by atoms with Gasteiger partial charge in [-0.3, -0.25) is 9.59 Å². The average Bonchev–Trinajstić information content (AvgIpc) is 2.84. The van der Waals surface area contributed by atoms with Crippen molar-refractivity contribution >= 4 is 45.7 Å². The van der Waals surface area contributed by atoms with E-state index in [0.29, 0.717) is 14.7 Å². The maximum atomic E-state index is 13.3. The molecular weight excluding hydrogens is 590 g/mol. The van der Waals surface area contributed by atoms with Gasteiger partial charge >= 0.3 is 12.1 Å². The molecule has 0 spiro atoms. The molecule has 0 aliphatic rings. The molecule has 0 radical (unpaired) electrons. The Labute approximate surface area is 216 Å². The fourth-order valence-corrected chi connectivity index (χ4v) is 4.17. The highest BCUT2D eigenvalue weighted by Crippen LogP contribution is 2.34. The maximum Gasteiger partial charge on any atom is 0.416 e. The highest BCUT2D eigenvalue weighted by atomic mass is 127. The maximum absolute atomic E-state index is 13.3. The second-order valence-corrected chi connectivity index (χ2v) is 8.68. The minimum atomic E-state index is -4.57. The van der Waals surface area contributed by atoms with Crippen LogP contribution in [-0.2, 0) is 11.0 Å². The number of carbonyl (C=O) groups is 1. The van der Waals surface area contributed by atoms with Crippen molar-refractivity contribution in [2.24, 2.45) is 5.10 Å². The van der Waals surface area contributed by atoms with Gasteiger partial charge in [0.25, 0.3) is 5.56 Å². The lowest BCUT2D eigenvalue weighted by Gasteiger charge is -2.12. The Morgan fingerprint density at radius 2 is 1.86 bits per heavy atom. The highest BCUT2D eigenvalue weighted by Gasteiger charge is 2.31. The summed E-state index contributed by atoms with van der Waals surface area (Å²) in [6.45, 7) is 1.26. The van der Waals surface area contributed by atoms with E-state index in [9.17, 15) is 22.8 Å². The van der Waals surface area contributed by atoms with Crippen molar-refractivity contribution in [3.63, 3.8) is 0 Å². The lowest BCUT2D eigenvalue weighted by molar-refractivity contribution is -0.137. The van der Waals surface area contributed by atoms with E-state index >= 15 is 0 Å². The SMILES string of the molecule is COc1cc(C=Nn2c(-c3cccc(C(F)(F)F)c3)nc3ccccc3c2=O)cc(I)c1OC(C)=O. The Bertz CT molecular complexity index is 1560. The number of alkyl halides is 3. The van der Waals surface area contributed by atoms with E-state index in [1.165, 1.54) is 32.4 Å². The molecule has 11 heteroatoms. The lowest BCUT2D eigenvalue weighted by atomic mass is 10.1. The average molecular weight is 607 g/mol. The van der Waals surface area contributed by atoms with Crippen LogP contribution in [0.3, 0.4) is 0 Å². The first-order chi connectivity index (χ1) is 17.1. The van der Waals surface area contributed by atoms with Crippen LogP contribution < -0.4 is 15.0 Å². The van der Waals surface area contributed by atoms with Crippen molar-refractivity contribution in [1.82, 2.24) is 9.66 Å². The van der Waals surface area contributed by atoms with Gasteiger partial charge in [0.2, 0.25) is 0 Å². The number of ether oxygens (including phenoxy) is 2. The number of fused-ring (bicyclic) bond motifs is 1. The van der Waals surface area contributed by atoms with Gasteiger partial charge in [-0.2, -0.15) is 22.9 Å². The normalized spacial score (nSPS) is 11.7. The quantitative estimate of drug-likeness (QED) is 0.130. The number of benzene rings is 3. The molecule has 0 atom stereocenters. The summed E-state index contributed by atoms with van der Waals surface area (Å²) in [6.07, 6.45) is -3.23. The fourth-order valence-electron chi connectivity index (χ4n) is 3.43. The molecule has 0 aliphatic carbocycles. The molecule has 1 aromatic heterocycles. The van der Waals surface area contributed by atoms with Gasteiger partial charge in [-0.05, 0) is 64.6 Å². The molecule has 0 unspecified atom stereocenters. The van der Waals surface area contributed by atoms with Crippen LogP contribution in [0.15, 0.2) is 70.6 Å². The van der Waals surface area contributed by atoms with Crippen molar-refractivity contribution < 1.29 is 27.4 Å². The number of para-hydroxylation sites is 1. The Kier molecular flexibility index (Phi) is 7.11. The van der Waals surface area contributed by atoms with E-state index in [4.69, 9.17) is 9.47 Å². The van der Waals surface area contributed by atoms with Crippen LogP contribution in [0.4, 0.5) is 13.2 Å². The largest absolute Gasteiger partial charge is 0.493 e. The fraction of sp³-hybridized carbons (Fsp3) is 0.120. The number of hydrogen-bond acceptors (Lipinski definition) is 6. The number of aromatic nitrogens is 2. The van der Waals surface area contributed by atoms with Crippen molar-refractivity contribution in [1.29, 1.82) is 0 Å². The Balaban J connectivity index is 1.89. The van der Waals surface area contributed by atoms with Gasteiger partial charge < -0.3 is 9.47 Å². The van der Waals surface area contributed by atoms with Gasteiger partial charge in [0.1, 0.15) is 0 Å². The van der Waals surface area contributed by atoms with E-state index in [1.54, 1.807) is 36.4 Å². The smallest absolute Gasteiger partial charge is 0.416 e. The Morgan fingerprint density at radius 3 is 2.56 bits per heavy atom. The molecule has 0 saturated heterocycles. The van der Waals surface area contributed by atoms with Gasteiger partial charge in [0.15, 0.2) is 17.3 Å². The zero-order valence-electron chi connectivity index (χ0n) is 18.8. The van der Waals surface area contributed by atoms with Crippen molar-refractivity contribution in [3.05, 3.63) is 85.7 Å². The summed E-state index contributed by atoms with van der Waals surface area (Å²) in [6, 6.07) is 14.2. The molecule has 0 bridgehead atoms. The molecule has 0 aliphatic heterocycles. The minimum absolute atomic E-state index is 0.0563. The standard InChI is InChI=1S/C25H17F3IN3O4/c1-14(33)36-22-19(29)10-15(11-21(22)35-2)13-30-32-23(16-6-5-7-17(12-16)25(26,27)28)31-20-9-4-3-8-18(20)24(32)34/h3-13H,1-2H3. The highest BCUT2D eigenvalue weighted by molar-refractivity contribution is 14.1. The molecule has 0 saturated carbocycles. The monoisotopic (exact) mass is 607 g/mol. The second-order valence-electron chi connectivity index (χ2n) is 7.52. The Hall–Kier alpha value is -3.74. The van der Waals surface area contributed by atoms with Crippen LogP contribution in [0.25, 0.3) is 22.3 Å². The van der Waals surface area contributed by atoms with Gasteiger partial charge in [-0.1, -0.05) is 24.3 Å². The number of rotatable bonds is 5. The molecule has 0 fully saturated rings. The van der Waals surface area contributed by atoms with Crippen LogP contribution in [0, 0.1) is 3.57 Å². The minimum Gasteiger partial charge on any atom is -0.493 e. The number of nitrogens with zero attached hydrogens (tertiary/aromatic N) is 3. The van der Waals surface area contributed by atoms with Gasteiger partial charge in [0.05, 0.1) is 33.4 Å². The summed E-state index contributed by atoms with van der Waals surface area (Å²) in [5.41, 5.74) is -0.548. The first-order valence-corrected chi connectivity index (χ1v) is 11.5. The van der Waals surface area contributed by atoms with Crippen LogP contribution in [0.5, 0.6) is 11.5 Å². The first kappa shape index (κ1) is 25.4. The third-order valence-electron chi connectivity index (χ3n) is 5.02. The number of esters is 1. The number of halogens is 4.